The van der Waals surface area contributed by atoms with Crippen molar-refractivity contribution in [3.63, 3.8) is 0 Å². The summed E-state index contributed by atoms with van der Waals surface area (Å²) < 4.78 is 0. The lowest BCUT2D eigenvalue weighted by atomic mass is 9.82. The van der Waals surface area contributed by atoms with Gasteiger partial charge in [0, 0.05) is 12.5 Å². The van der Waals surface area contributed by atoms with Crippen molar-refractivity contribution in [2.24, 2.45) is 11.8 Å². The number of rotatable bonds is 6. The Hall–Kier alpha value is -0.530. The van der Waals surface area contributed by atoms with E-state index in [2.05, 4.69) is 19.2 Å². The van der Waals surface area contributed by atoms with Crippen molar-refractivity contribution in [3.8, 4) is 0 Å². The zero-order chi connectivity index (χ0) is 11.8. The second kappa shape index (κ2) is 7.70. The Bertz CT molecular complexity index is 195. The molecule has 0 unspecified atom stereocenters. The van der Waals surface area contributed by atoms with Gasteiger partial charge in [0.2, 0.25) is 5.91 Å². The van der Waals surface area contributed by atoms with Crippen molar-refractivity contribution in [2.75, 3.05) is 6.54 Å². The van der Waals surface area contributed by atoms with Crippen LogP contribution in [0.3, 0.4) is 0 Å². The van der Waals surface area contributed by atoms with Gasteiger partial charge in [0.15, 0.2) is 0 Å². The van der Waals surface area contributed by atoms with Crippen molar-refractivity contribution in [1.82, 2.24) is 5.32 Å². The fourth-order valence-electron chi connectivity index (χ4n) is 2.43. The zero-order valence-corrected chi connectivity index (χ0v) is 10.9. The highest BCUT2D eigenvalue weighted by molar-refractivity contribution is 5.78. The molecule has 2 heteroatoms. The molecule has 1 rings (SSSR count). The second-order valence-electron chi connectivity index (χ2n) is 5.31. The van der Waals surface area contributed by atoms with Gasteiger partial charge in [0.25, 0.3) is 0 Å². The Kier molecular flexibility index (Phi) is 6.51. The summed E-state index contributed by atoms with van der Waals surface area (Å²) in [6, 6.07) is 0. The lowest BCUT2D eigenvalue weighted by molar-refractivity contribution is -0.126. The normalized spacial score (nSPS) is 25.4. The first-order valence-electron chi connectivity index (χ1n) is 7.01. The summed E-state index contributed by atoms with van der Waals surface area (Å²) in [7, 11) is 0. The topological polar surface area (TPSA) is 29.1 Å². The predicted octanol–water partition coefficient (Wildman–Crippen LogP) is 3.51. The summed E-state index contributed by atoms with van der Waals surface area (Å²) in [5.74, 6) is 1.44. The molecule has 0 aromatic rings. The van der Waals surface area contributed by atoms with Gasteiger partial charge >= 0.3 is 0 Å². The summed E-state index contributed by atoms with van der Waals surface area (Å²) >= 11 is 0. The molecule has 0 bridgehead atoms. The molecule has 0 spiro atoms. The van der Waals surface area contributed by atoms with Crippen molar-refractivity contribution >= 4 is 5.91 Å². The summed E-state index contributed by atoms with van der Waals surface area (Å²) in [5.41, 5.74) is 0. The molecular weight excluding hydrogens is 198 g/mol. The molecule has 1 amide bonds. The molecule has 1 fully saturated rings. The molecule has 94 valence electrons. The molecule has 0 aromatic heterocycles. The number of hydrogen-bond acceptors (Lipinski definition) is 1. The van der Waals surface area contributed by atoms with Gasteiger partial charge in [0.1, 0.15) is 0 Å². The first-order valence-corrected chi connectivity index (χ1v) is 7.01. The van der Waals surface area contributed by atoms with Gasteiger partial charge in [-0.05, 0) is 38.0 Å². The molecule has 16 heavy (non-hydrogen) atoms. The Morgan fingerprint density at radius 3 is 2.44 bits per heavy atom. The van der Waals surface area contributed by atoms with Gasteiger partial charge in [-0.2, -0.15) is 0 Å². The summed E-state index contributed by atoms with van der Waals surface area (Å²) in [5, 5.41) is 3.09. The molecule has 0 radical (unpaired) electrons. The molecule has 1 N–H and O–H groups in total. The highest BCUT2D eigenvalue weighted by Gasteiger charge is 2.23. The maximum Gasteiger partial charge on any atom is 0.223 e. The SMILES string of the molecule is CCCCCCNC(=O)C1CCC(C)CC1. The van der Waals surface area contributed by atoms with Crippen LogP contribution in [-0.4, -0.2) is 12.5 Å². The molecule has 1 aliphatic carbocycles. The minimum atomic E-state index is 0.308. The molecular formula is C14H27NO. The molecule has 0 saturated heterocycles. The molecule has 0 atom stereocenters. The monoisotopic (exact) mass is 225 g/mol. The van der Waals surface area contributed by atoms with Crippen LogP contribution < -0.4 is 5.32 Å². The lowest BCUT2D eigenvalue weighted by Crippen LogP contribution is -2.33. The van der Waals surface area contributed by atoms with Crippen molar-refractivity contribution < 1.29 is 4.79 Å². The van der Waals surface area contributed by atoms with Gasteiger partial charge < -0.3 is 5.32 Å². The summed E-state index contributed by atoms with van der Waals surface area (Å²) in [4.78, 5) is 11.8. The van der Waals surface area contributed by atoms with Crippen LogP contribution in [0.4, 0.5) is 0 Å². The third-order valence-electron chi connectivity index (χ3n) is 3.72. The standard InChI is InChI=1S/C14H27NO/c1-3-4-5-6-11-15-14(16)13-9-7-12(2)8-10-13/h12-13H,3-11H2,1-2H3,(H,15,16). The zero-order valence-electron chi connectivity index (χ0n) is 10.9. The van der Waals surface area contributed by atoms with E-state index in [0.29, 0.717) is 11.8 Å². The fraction of sp³-hybridized carbons (Fsp3) is 0.929. The van der Waals surface area contributed by atoms with E-state index < -0.39 is 0 Å². The summed E-state index contributed by atoms with van der Waals surface area (Å²) in [6.07, 6.45) is 9.60. The van der Waals surface area contributed by atoms with E-state index in [9.17, 15) is 4.79 Å². The Morgan fingerprint density at radius 1 is 1.12 bits per heavy atom. The minimum Gasteiger partial charge on any atom is -0.356 e. The van der Waals surface area contributed by atoms with Crippen LogP contribution in [0.15, 0.2) is 0 Å². The van der Waals surface area contributed by atoms with E-state index >= 15 is 0 Å². The predicted molar refractivity (Wildman–Crippen MR) is 68.3 cm³/mol. The minimum absolute atomic E-state index is 0.308. The Labute approximate surface area is 100 Å². The maximum absolute atomic E-state index is 11.8. The average molecular weight is 225 g/mol. The lowest BCUT2D eigenvalue weighted by Gasteiger charge is -2.25. The highest BCUT2D eigenvalue weighted by Crippen LogP contribution is 2.28. The molecule has 0 aliphatic heterocycles. The first kappa shape index (κ1) is 13.5. The smallest absolute Gasteiger partial charge is 0.223 e. The van der Waals surface area contributed by atoms with E-state index in [1.165, 1.54) is 32.1 Å². The fourth-order valence-corrected chi connectivity index (χ4v) is 2.43. The van der Waals surface area contributed by atoms with Gasteiger partial charge in [-0.15, -0.1) is 0 Å². The number of unbranched alkanes of at least 4 members (excludes halogenated alkanes) is 3. The summed E-state index contributed by atoms with van der Waals surface area (Å²) in [6.45, 7) is 5.38. The average Bonchev–Trinajstić information content (AvgIpc) is 2.29. The van der Waals surface area contributed by atoms with E-state index in [4.69, 9.17) is 0 Å². The van der Waals surface area contributed by atoms with Crippen LogP contribution in [0.1, 0.15) is 65.2 Å². The maximum atomic E-state index is 11.8. The van der Waals surface area contributed by atoms with Crippen molar-refractivity contribution in [3.05, 3.63) is 0 Å². The van der Waals surface area contributed by atoms with Crippen LogP contribution >= 0.6 is 0 Å². The third-order valence-corrected chi connectivity index (χ3v) is 3.72. The van der Waals surface area contributed by atoms with Crippen LogP contribution in [0.2, 0.25) is 0 Å². The molecule has 2 nitrogen and oxygen atoms in total. The van der Waals surface area contributed by atoms with Crippen LogP contribution in [0.25, 0.3) is 0 Å². The van der Waals surface area contributed by atoms with Gasteiger partial charge in [-0.25, -0.2) is 0 Å². The largest absolute Gasteiger partial charge is 0.356 e. The van der Waals surface area contributed by atoms with E-state index in [1.807, 2.05) is 0 Å². The number of amides is 1. The second-order valence-corrected chi connectivity index (χ2v) is 5.31. The van der Waals surface area contributed by atoms with E-state index in [-0.39, 0.29) is 0 Å². The Balaban J connectivity index is 2.06. The number of carbonyl (C=O) groups excluding carboxylic acids is 1. The molecule has 1 saturated carbocycles. The highest BCUT2D eigenvalue weighted by atomic mass is 16.1. The molecule has 1 aliphatic rings. The van der Waals surface area contributed by atoms with Crippen LogP contribution in [0, 0.1) is 11.8 Å². The van der Waals surface area contributed by atoms with Crippen LogP contribution in [0.5, 0.6) is 0 Å². The number of carbonyl (C=O) groups is 1. The van der Waals surface area contributed by atoms with Gasteiger partial charge in [0.05, 0.1) is 0 Å². The van der Waals surface area contributed by atoms with Gasteiger partial charge in [-0.3, -0.25) is 4.79 Å². The number of nitrogens with one attached hydrogen (secondary N) is 1. The molecule has 0 heterocycles. The Morgan fingerprint density at radius 2 is 1.81 bits per heavy atom. The van der Waals surface area contributed by atoms with E-state index in [0.717, 1.165) is 31.7 Å². The molecule has 0 aromatic carbocycles. The number of hydrogen-bond donors (Lipinski definition) is 1. The van der Waals surface area contributed by atoms with Crippen molar-refractivity contribution in [1.29, 1.82) is 0 Å². The third kappa shape index (κ3) is 5.00. The van der Waals surface area contributed by atoms with Gasteiger partial charge in [-0.1, -0.05) is 33.1 Å². The van der Waals surface area contributed by atoms with Crippen molar-refractivity contribution in [2.45, 2.75) is 65.2 Å². The quantitative estimate of drug-likeness (QED) is 0.689. The first-order chi connectivity index (χ1) is 7.74. The van der Waals surface area contributed by atoms with E-state index in [1.54, 1.807) is 0 Å². The van der Waals surface area contributed by atoms with Crippen LogP contribution in [-0.2, 0) is 4.79 Å².